The lowest BCUT2D eigenvalue weighted by molar-refractivity contribution is 0.0519. The van der Waals surface area contributed by atoms with Crippen LogP contribution in [0.1, 0.15) is 27.8 Å². The van der Waals surface area contributed by atoms with E-state index in [1.165, 1.54) is 35.0 Å². The Kier molecular flexibility index (Phi) is 6.44. The Morgan fingerprint density at radius 1 is 0.941 bits per heavy atom. The van der Waals surface area contributed by atoms with Gasteiger partial charge in [-0.05, 0) is 61.5 Å². The largest absolute Gasteiger partial charge is 0.461 e. The molecule has 0 atom stereocenters. The van der Waals surface area contributed by atoms with Gasteiger partial charge in [-0.15, -0.1) is 0 Å². The molecule has 0 spiro atoms. The molecule has 3 aromatic carbocycles. The molecule has 0 bridgehead atoms. The summed E-state index contributed by atoms with van der Waals surface area (Å²) in [6, 6.07) is 16.6. The number of nitrogens with one attached hydrogen (secondary N) is 1. The fourth-order valence-corrected chi connectivity index (χ4v) is 3.29. The molecule has 4 rings (SSSR count). The van der Waals surface area contributed by atoms with Gasteiger partial charge in [-0.25, -0.2) is 22.6 Å². The van der Waals surface area contributed by atoms with Gasteiger partial charge in [-0.1, -0.05) is 18.2 Å². The Balaban J connectivity index is 1.71. The maximum absolute atomic E-state index is 13.9. The highest BCUT2D eigenvalue weighted by Gasteiger charge is 2.19. The molecule has 6 nitrogen and oxygen atoms in total. The van der Waals surface area contributed by atoms with Gasteiger partial charge in [0.15, 0.2) is 17.3 Å². The molecule has 0 radical (unpaired) electrons. The van der Waals surface area contributed by atoms with Gasteiger partial charge in [0.1, 0.15) is 5.82 Å². The molecule has 0 unspecified atom stereocenters. The number of hydrogen-bond donors (Lipinski definition) is 1. The second-order valence-corrected chi connectivity index (χ2v) is 7.19. The van der Waals surface area contributed by atoms with Gasteiger partial charge in [0, 0.05) is 16.8 Å². The van der Waals surface area contributed by atoms with Crippen molar-refractivity contribution in [1.82, 2.24) is 9.78 Å². The summed E-state index contributed by atoms with van der Waals surface area (Å²) >= 11 is 0. The van der Waals surface area contributed by atoms with E-state index in [2.05, 4.69) is 10.4 Å². The highest BCUT2D eigenvalue weighted by molar-refractivity contribution is 6.04. The standard InChI is InChI=1S/C25H18F3N3O3/c1-2-34-25(33)22-14-23(31(30-22)19-8-4-6-17(26)13-19)15-5-3-7-18(11-15)29-24(32)16-9-10-20(27)21(28)12-16/h3-14H,2H2,1H3,(H,29,32). The zero-order chi connectivity index (χ0) is 24.2. The van der Waals surface area contributed by atoms with Gasteiger partial charge in [0.2, 0.25) is 0 Å². The van der Waals surface area contributed by atoms with Crippen LogP contribution in [-0.2, 0) is 4.74 Å². The average Bonchev–Trinajstić information content (AvgIpc) is 3.27. The summed E-state index contributed by atoms with van der Waals surface area (Å²) in [5, 5.41) is 6.91. The highest BCUT2D eigenvalue weighted by atomic mass is 19.2. The van der Waals surface area contributed by atoms with Crippen LogP contribution in [0.4, 0.5) is 18.9 Å². The number of amides is 1. The van der Waals surface area contributed by atoms with Crippen molar-refractivity contribution in [1.29, 1.82) is 0 Å². The van der Waals surface area contributed by atoms with Gasteiger partial charge in [0.05, 0.1) is 18.0 Å². The Morgan fingerprint density at radius 2 is 1.74 bits per heavy atom. The molecule has 1 amide bonds. The fraction of sp³-hybridized carbons (Fsp3) is 0.0800. The maximum atomic E-state index is 13.9. The first-order valence-corrected chi connectivity index (χ1v) is 10.3. The molecular weight excluding hydrogens is 447 g/mol. The number of esters is 1. The van der Waals surface area contributed by atoms with Crippen molar-refractivity contribution in [2.75, 3.05) is 11.9 Å². The van der Waals surface area contributed by atoms with Crippen LogP contribution in [0.2, 0.25) is 0 Å². The lowest BCUT2D eigenvalue weighted by atomic mass is 10.1. The van der Waals surface area contributed by atoms with Gasteiger partial charge < -0.3 is 10.1 Å². The SMILES string of the molecule is CCOC(=O)c1cc(-c2cccc(NC(=O)c3ccc(F)c(F)c3)c2)n(-c2cccc(F)c2)n1. The third-order valence-electron chi connectivity index (χ3n) is 4.84. The van der Waals surface area contributed by atoms with Crippen LogP contribution in [-0.4, -0.2) is 28.3 Å². The first-order chi connectivity index (χ1) is 16.4. The minimum atomic E-state index is -1.13. The number of carbonyl (C=O) groups excluding carboxylic acids is 2. The van der Waals surface area contributed by atoms with E-state index < -0.39 is 29.3 Å². The molecule has 1 aromatic heterocycles. The summed E-state index contributed by atoms with van der Waals surface area (Å²) in [4.78, 5) is 24.8. The molecule has 0 fully saturated rings. The van der Waals surface area contributed by atoms with Gasteiger partial charge in [0.25, 0.3) is 5.91 Å². The van der Waals surface area contributed by atoms with Crippen molar-refractivity contribution in [3.8, 4) is 16.9 Å². The van der Waals surface area contributed by atoms with Crippen LogP contribution in [0.3, 0.4) is 0 Å². The zero-order valence-corrected chi connectivity index (χ0v) is 17.9. The van der Waals surface area contributed by atoms with Gasteiger partial charge in [-0.3, -0.25) is 4.79 Å². The first-order valence-electron chi connectivity index (χ1n) is 10.3. The quantitative estimate of drug-likeness (QED) is 0.388. The summed E-state index contributed by atoms with van der Waals surface area (Å²) in [5.41, 5.74) is 1.70. The molecule has 1 N–H and O–H groups in total. The van der Waals surface area contributed by atoms with Crippen LogP contribution in [0.5, 0.6) is 0 Å². The predicted octanol–water partition coefficient (Wildman–Crippen LogP) is 5.39. The second kappa shape index (κ2) is 9.62. The number of carbonyl (C=O) groups is 2. The summed E-state index contributed by atoms with van der Waals surface area (Å²) in [6.07, 6.45) is 0. The van der Waals surface area contributed by atoms with Crippen LogP contribution >= 0.6 is 0 Å². The number of halogens is 3. The number of rotatable bonds is 6. The molecule has 0 aliphatic carbocycles. The normalized spacial score (nSPS) is 10.7. The van der Waals surface area contributed by atoms with Crippen LogP contribution in [0.15, 0.2) is 72.8 Å². The monoisotopic (exact) mass is 465 g/mol. The Hall–Kier alpha value is -4.40. The van der Waals surface area contributed by atoms with E-state index in [1.807, 2.05) is 0 Å². The van der Waals surface area contributed by atoms with Crippen molar-refractivity contribution in [2.45, 2.75) is 6.92 Å². The topological polar surface area (TPSA) is 73.2 Å². The molecule has 4 aromatic rings. The molecule has 172 valence electrons. The summed E-state index contributed by atoms with van der Waals surface area (Å²) in [7, 11) is 0. The number of hydrogen-bond acceptors (Lipinski definition) is 4. The van der Waals surface area contributed by atoms with E-state index in [0.717, 1.165) is 12.1 Å². The highest BCUT2D eigenvalue weighted by Crippen LogP contribution is 2.27. The number of ether oxygens (including phenoxy) is 1. The molecular formula is C25H18F3N3O3. The molecule has 0 saturated heterocycles. The van der Waals surface area contributed by atoms with E-state index in [-0.39, 0.29) is 17.9 Å². The number of nitrogens with zero attached hydrogens (tertiary/aromatic N) is 2. The molecule has 1 heterocycles. The summed E-state index contributed by atoms with van der Waals surface area (Å²) in [6.45, 7) is 1.83. The van der Waals surface area contributed by atoms with E-state index in [4.69, 9.17) is 4.74 Å². The summed E-state index contributed by atoms with van der Waals surface area (Å²) < 4.78 is 47.0. The molecule has 0 aliphatic heterocycles. The number of anilines is 1. The van der Waals surface area contributed by atoms with E-state index in [9.17, 15) is 22.8 Å². The van der Waals surface area contributed by atoms with E-state index in [1.54, 1.807) is 37.3 Å². The van der Waals surface area contributed by atoms with Crippen molar-refractivity contribution >= 4 is 17.6 Å². The Morgan fingerprint density at radius 3 is 2.47 bits per heavy atom. The minimum absolute atomic E-state index is 0.0253. The van der Waals surface area contributed by atoms with Crippen LogP contribution < -0.4 is 5.32 Å². The van der Waals surface area contributed by atoms with Gasteiger partial charge >= 0.3 is 5.97 Å². The van der Waals surface area contributed by atoms with Crippen molar-refractivity contribution in [3.05, 3.63) is 102 Å². The molecule has 0 aliphatic rings. The number of benzene rings is 3. The van der Waals surface area contributed by atoms with Crippen LogP contribution in [0.25, 0.3) is 16.9 Å². The zero-order valence-electron chi connectivity index (χ0n) is 17.9. The second-order valence-electron chi connectivity index (χ2n) is 7.19. The lowest BCUT2D eigenvalue weighted by Crippen LogP contribution is -2.12. The predicted molar refractivity (Wildman–Crippen MR) is 119 cm³/mol. The Labute approximate surface area is 192 Å². The fourth-order valence-electron chi connectivity index (χ4n) is 3.29. The third-order valence-corrected chi connectivity index (χ3v) is 4.84. The minimum Gasteiger partial charge on any atom is -0.461 e. The number of aromatic nitrogens is 2. The van der Waals surface area contributed by atoms with Crippen molar-refractivity contribution in [3.63, 3.8) is 0 Å². The smallest absolute Gasteiger partial charge is 0.358 e. The van der Waals surface area contributed by atoms with E-state index >= 15 is 0 Å². The lowest BCUT2D eigenvalue weighted by Gasteiger charge is -2.10. The molecule has 34 heavy (non-hydrogen) atoms. The summed E-state index contributed by atoms with van der Waals surface area (Å²) in [5.74, 6) is -3.94. The first kappa shape index (κ1) is 22.8. The average molecular weight is 465 g/mol. The Bertz CT molecular complexity index is 1380. The maximum Gasteiger partial charge on any atom is 0.358 e. The van der Waals surface area contributed by atoms with Crippen molar-refractivity contribution < 1.29 is 27.5 Å². The van der Waals surface area contributed by atoms with Crippen LogP contribution in [0, 0.1) is 17.5 Å². The van der Waals surface area contributed by atoms with Crippen molar-refractivity contribution in [2.24, 2.45) is 0 Å². The van der Waals surface area contributed by atoms with Gasteiger partial charge in [-0.2, -0.15) is 5.10 Å². The molecule has 9 heteroatoms. The van der Waals surface area contributed by atoms with E-state index in [0.29, 0.717) is 22.6 Å². The molecule has 0 saturated carbocycles. The third kappa shape index (κ3) is 4.83.